The molecule has 1 aromatic heterocycles. The van der Waals surface area contributed by atoms with Crippen LogP contribution in [0.1, 0.15) is 16.1 Å². The second-order valence-corrected chi connectivity index (χ2v) is 4.25. The van der Waals surface area contributed by atoms with Gasteiger partial charge in [0, 0.05) is 16.3 Å². The fourth-order valence-electron chi connectivity index (χ4n) is 1.61. The molecule has 2 N–H and O–H groups in total. The van der Waals surface area contributed by atoms with E-state index in [2.05, 4.69) is 4.74 Å². The predicted octanol–water partition coefficient (Wildman–Crippen LogP) is 3.28. The van der Waals surface area contributed by atoms with Gasteiger partial charge in [-0.3, -0.25) is 0 Å². The summed E-state index contributed by atoms with van der Waals surface area (Å²) in [6.07, 6.45) is 0. The van der Waals surface area contributed by atoms with Gasteiger partial charge in [0.1, 0.15) is 5.76 Å². The van der Waals surface area contributed by atoms with Gasteiger partial charge in [0.2, 0.25) is 5.76 Å². The monoisotopic (exact) mass is 265 g/mol. The van der Waals surface area contributed by atoms with E-state index in [1.807, 2.05) is 6.92 Å². The van der Waals surface area contributed by atoms with Gasteiger partial charge in [0.05, 0.1) is 7.11 Å². The Bertz CT molecular complexity index is 604. The second kappa shape index (κ2) is 4.74. The third-order valence-electron chi connectivity index (χ3n) is 2.59. The number of aryl methyl sites for hydroxylation is 1. The number of ether oxygens (including phenoxy) is 1. The molecule has 0 saturated heterocycles. The van der Waals surface area contributed by atoms with E-state index in [9.17, 15) is 4.79 Å². The van der Waals surface area contributed by atoms with Crippen LogP contribution in [0.15, 0.2) is 28.7 Å². The first-order valence-corrected chi connectivity index (χ1v) is 5.65. The summed E-state index contributed by atoms with van der Waals surface area (Å²) in [5.41, 5.74) is 7.99. The number of esters is 1. The maximum atomic E-state index is 11.3. The molecule has 0 fully saturated rings. The van der Waals surface area contributed by atoms with Crippen LogP contribution in [0.25, 0.3) is 11.3 Å². The summed E-state index contributed by atoms with van der Waals surface area (Å²) in [6.45, 7) is 1.87. The smallest absolute Gasteiger partial charge is 0.373 e. The lowest BCUT2D eigenvalue weighted by molar-refractivity contribution is 0.0566. The molecule has 0 saturated carbocycles. The van der Waals surface area contributed by atoms with Crippen molar-refractivity contribution in [3.8, 4) is 11.3 Å². The topological polar surface area (TPSA) is 65.5 Å². The quantitative estimate of drug-likeness (QED) is 0.668. The fraction of sp³-hybridized carbons (Fsp3) is 0.154. The lowest BCUT2D eigenvalue weighted by atomic mass is 10.1. The number of halogens is 1. The van der Waals surface area contributed by atoms with E-state index >= 15 is 0 Å². The normalized spacial score (nSPS) is 10.4. The summed E-state index contributed by atoms with van der Waals surface area (Å²) < 4.78 is 9.95. The van der Waals surface area contributed by atoms with Crippen molar-refractivity contribution in [1.29, 1.82) is 0 Å². The Balaban J connectivity index is 2.46. The number of nitrogens with two attached hydrogens (primary N) is 1. The third-order valence-corrected chi connectivity index (χ3v) is 3.00. The Labute approximate surface area is 109 Å². The van der Waals surface area contributed by atoms with Crippen LogP contribution in [-0.2, 0) is 4.74 Å². The molecule has 1 heterocycles. The van der Waals surface area contributed by atoms with Gasteiger partial charge in [-0.05, 0) is 36.8 Å². The molecule has 94 valence electrons. The van der Waals surface area contributed by atoms with E-state index in [0.29, 0.717) is 22.0 Å². The predicted molar refractivity (Wildman–Crippen MR) is 69.6 cm³/mol. The Kier molecular flexibility index (Phi) is 3.30. The highest BCUT2D eigenvalue weighted by Gasteiger charge is 2.14. The summed E-state index contributed by atoms with van der Waals surface area (Å²) in [6, 6.07) is 6.67. The van der Waals surface area contributed by atoms with Crippen LogP contribution in [0.2, 0.25) is 5.02 Å². The van der Waals surface area contributed by atoms with Gasteiger partial charge in [-0.15, -0.1) is 0 Å². The number of furan rings is 1. The molecule has 2 rings (SSSR count). The highest BCUT2D eigenvalue weighted by molar-refractivity contribution is 6.31. The van der Waals surface area contributed by atoms with Gasteiger partial charge in [0.25, 0.3) is 0 Å². The first-order valence-electron chi connectivity index (χ1n) is 5.27. The molecule has 0 radical (unpaired) electrons. The number of hydrogen-bond donors (Lipinski definition) is 1. The molecule has 0 unspecified atom stereocenters. The molecule has 5 heteroatoms. The zero-order valence-electron chi connectivity index (χ0n) is 9.99. The minimum absolute atomic E-state index is 0.128. The number of rotatable bonds is 2. The standard InChI is InChI=1S/C13H12ClNO3/c1-7-5-10(15)8(6-9(7)14)11-3-4-12(18-11)13(16)17-2/h3-6H,15H2,1-2H3. The SMILES string of the molecule is COC(=O)c1ccc(-c2cc(Cl)c(C)cc2N)o1. The zero-order valence-corrected chi connectivity index (χ0v) is 10.7. The van der Waals surface area contributed by atoms with E-state index in [-0.39, 0.29) is 5.76 Å². The lowest BCUT2D eigenvalue weighted by Crippen LogP contribution is -1.98. The third kappa shape index (κ3) is 2.19. The number of benzene rings is 1. The molecular weight excluding hydrogens is 254 g/mol. The number of nitrogen functional groups attached to an aromatic ring is 1. The van der Waals surface area contributed by atoms with Gasteiger partial charge in [-0.2, -0.15) is 0 Å². The summed E-state index contributed by atoms with van der Waals surface area (Å²) in [7, 11) is 1.29. The molecule has 0 atom stereocenters. The molecule has 0 aliphatic heterocycles. The van der Waals surface area contributed by atoms with Gasteiger partial charge in [-0.25, -0.2) is 4.79 Å². The molecule has 0 bridgehead atoms. The van der Waals surface area contributed by atoms with Crippen molar-refractivity contribution in [1.82, 2.24) is 0 Å². The lowest BCUT2D eigenvalue weighted by Gasteiger charge is -2.06. The van der Waals surface area contributed by atoms with Crippen LogP contribution in [0, 0.1) is 6.92 Å². The fourth-order valence-corrected chi connectivity index (χ4v) is 1.77. The maximum absolute atomic E-state index is 11.3. The van der Waals surface area contributed by atoms with Gasteiger partial charge in [0.15, 0.2) is 0 Å². The molecule has 1 aromatic carbocycles. The number of methoxy groups -OCH3 is 1. The average molecular weight is 266 g/mol. The zero-order chi connectivity index (χ0) is 13.3. The number of hydrogen-bond acceptors (Lipinski definition) is 4. The molecule has 2 aromatic rings. The molecule has 0 aliphatic rings. The maximum Gasteiger partial charge on any atom is 0.373 e. The Hall–Kier alpha value is -1.94. The second-order valence-electron chi connectivity index (χ2n) is 3.84. The first-order chi connectivity index (χ1) is 8.52. The summed E-state index contributed by atoms with van der Waals surface area (Å²) in [4.78, 5) is 11.3. The van der Waals surface area contributed by atoms with Crippen LogP contribution >= 0.6 is 11.6 Å². The van der Waals surface area contributed by atoms with Crippen molar-refractivity contribution >= 4 is 23.3 Å². The molecule has 0 aliphatic carbocycles. The van der Waals surface area contributed by atoms with Crippen molar-refractivity contribution in [2.75, 3.05) is 12.8 Å². The van der Waals surface area contributed by atoms with Crippen molar-refractivity contribution in [2.45, 2.75) is 6.92 Å². The first kappa shape index (κ1) is 12.5. The average Bonchev–Trinajstić information content (AvgIpc) is 2.82. The Morgan fingerprint density at radius 3 is 2.78 bits per heavy atom. The molecule has 0 amide bonds. The van der Waals surface area contributed by atoms with Crippen LogP contribution < -0.4 is 5.73 Å². The minimum Gasteiger partial charge on any atom is -0.463 e. The van der Waals surface area contributed by atoms with Crippen molar-refractivity contribution in [3.63, 3.8) is 0 Å². The Morgan fingerprint density at radius 2 is 2.11 bits per heavy atom. The highest BCUT2D eigenvalue weighted by atomic mass is 35.5. The summed E-state index contributed by atoms with van der Waals surface area (Å²) in [5, 5.41) is 0.593. The molecule has 18 heavy (non-hydrogen) atoms. The molecule has 0 spiro atoms. The van der Waals surface area contributed by atoms with Gasteiger partial charge >= 0.3 is 5.97 Å². The largest absolute Gasteiger partial charge is 0.463 e. The molecule has 4 nitrogen and oxygen atoms in total. The van der Waals surface area contributed by atoms with E-state index in [1.54, 1.807) is 18.2 Å². The van der Waals surface area contributed by atoms with Crippen molar-refractivity contribution in [2.24, 2.45) is 0 Å². The van der Waals surface area contributed by atoms with E-state index in [4.69, 9.17) is 21.8 Å². The van der Waals surface area contributed by atoms with Gasteiger partial charge in [-0.1, -0.05) is 11.6 Å². The summed E-state index contributed by atoms with van der Waals surface area (Å²) in [5.74, 6) is 0.0800. The van der Waals surface area contributed by atoms with E-state index in [1.165, 1.54) is 13.2 Å². The van der Waals surface area contributed by atoms with Crippen LogP contribution in [0.5, 0.6) is 0 Å². The number of anilines is 1. The van der Waals surface area contributed by atoms with Gasteiger partial charge < -0.3 is 14.9 Å². The van der Waals surface area contributed by atoms with Crippen molar-refractivity contribution < 1.29 is 13.9 Å². The Morgan fingerprint density at radius 1 is 1.39 bits per heavy atom. The van der Waals surface area contributed by atoms with E-state index < -0.39 is 5.97 Å². The number of carbonyl (C=O) groups excluding carboxylic acids is 1. The highest BCUT2D eigenvalue weighted by Crippen LogP contribution is 2.32. The van der Waals surface area contributed by atoms with E-state index in [0.717, 1.165) is 5.56 Å². The minimum atomic E-state index is -0.530. The van der Waals surface area contributed by atoms with Crippen LogP contribution in [0.4, 0.5) is 5.69 Å². The summed E-state index contributed by atoms with van der Waals surface area (Å²) >= 11 is 6.04. The van der Waals surface area contributed by atoms with Crippen LogP contribution in [0.3, 0.4) is 0 Å². The van der Waals surface area contributed by atoms with Crippen LogP contribution in [-0.4, -0.2) is 13.1 Å². The molecular formula is C13H12ClNO3. The van der Waals surface area contributed by atoms with Crippen molar-refractivity contribution in [3.05, 3.63) is 40.6 Å². The number of carbonyl (C=O) groups is 1.